The van der Waals surface area contributed by atoms with E-state index in [-0.39, 0.29) is 18.5 Å². The van der Waals surface area contributed by atoms with Crippen molar-refractivity contribution in [1.29, 1.82) is 0 Å². The van der Waals surface area contributed by atoms with Gasteiger partial charge in [0.2, 0.25) is 12.7 Å². The van der Waals surface area contributed by atoms with E-state index in [2.05, 4.69) is 20.7 Å². The molecule has 4 heterocycles. The number of rotatable bonds is 4. The zero-order valence-electron chi connectivity index (χ0n) is 15.1. The van der Waals surface area contributed by atoms with E-state index in [1.807, 2.05) is 29.5 Å². The Morgan fingerprint density at radius 1 is 1.18 bits per heavy atom. The Labute approximate surface area is 163 Å². The molecule has 142 valence electrons. The summed E-state index contributed by atoms with van der Waals surface area (Å²) in [6.07, 6.45) is 0. The first-order valence-corrected chi connectivity index (χ1v) is 9.51. The molecule has 0 fully saturated rings. The maximum Gasteiger partial charge on any atom is 0.236 e. The number of anilines is 1. The number of carbonyl (C=O) groups is 1. The summed E-state index contributed by atoms with van der Waals surface area (Å²) in [6, 6.07) is 7.55. The highest BCUT2D eigenvalue weighted by Gasteiger charge is 2.19. The molecule has 1 aliphatic rings. The fourth-order valence-electron chi connectivity index (χ4n) is 3.12. The summed E-state index contributed by atoms with van der Waals surface area (Å²) < 4.78 is 17.9. The molecule has 10 heteroatoms. The summed E-state index contributed by atoms with van der Waals surface area (Å²) in [5.74, 6) is 2.38. The number of nitrogens with one attached hydrogen (secondary N) is 1. The second-order valence-electron chi connectivity index (χ2n) is 6.39. The highest BCUT2D eigenvalue weighted by atomic mass is 32.2. The monoisotopic (exact) mass is 397 g/mol. The predicted molar refractivity (Wildman–Crippen MR) is 102 cm³/mol. The molecule has 1 N–H and O–H groups in total. The molecular formula is C18H15N5O4S. The van der Waals surface area contributed by atoms with E-state index in [0.717, 1.165) is 27.9 Å². The number of thioether (sulfide) groups is 1. The zero-order valence-corrected chi connectivity index (χ0v) is 15.9. The van der Waals surface area contributed by atoms with Crippen LogP contribution in [0, 0.1) is 13.8 Å². The van der Waals surface area contributed by atoms with Crippen LogP contribution in [0.25, 0.3) is 16.6 Å². The number of aryl methyl sites for hydroxylation is 2. The number of fused-ring (bicyclic) bond motifs is 4. The molecule has 0 bridgehead atoms. The van der Waals surface area contributed by atoms with Crippen molar-refractivity contribution in [2.24, 2.45) is 0 Å². The van der Waals surface area contributed by atoms with Gasteiger partial charge in [-0.05, 0) is 31.5 Å². The number of hydrogen-bond donors (Lipinski definition) is 1. The smallest absolute Gasteiger partial charge is 0.236 e. The Hall–Kier alpha value is -3.27. The molecule has 1 aromatic carbocycles. The van der Waals surface area contributed by atoms with Crippen molar-refractivity contribution in [2.45, 2.75) is 19.0 Å². The van der Waals surface area contributed by atoms with Gasteiger partial charge in [0.15, 0.2) is 28.1 Å². The number of carbonyl (C=O) groups excluding carboxylic acids is 1. The zero-order chi connectivity index (χ0) is 19.3. The minimum Gasteiger partial charge on any atom is -0.454 e. The molecule has 4 aromatic rings. The van der Waals surface area contributed by atoms with Gasteiger partial charge in [0.25, 0.3) is 0 Å². The third kappa shape index (κ3) is 2.82. The van der Waals surface area contributed by atoms with Gasteiger partial charge in [0, 0.05) is 17.5 Å². The van der Waals surface area contributed by atoms with Gasteiger partial charge >= 0.3 is 0 Å². The molecule has 0 spiro atoms. The lowest BCUT2D eigenvalue weighted by Crippen LogP contribution is -2.14. The first-order chi connectivity index (χ1) is 13.6. The number of nitrogens with zero attached hydrogens (tertiary/aromatic N) is 4. The van der Waals surface area contributed by atoms with Gasteiger partial charge in [-0.2, -0.15) is 0 Å². The lowest BCUT2D eigenvalue weighted by molar-refractivity contribution is -0.113. The first-order valence-electron chi connectivity index (χ1n) is 8.52. The highest BCUT2D eigenvalue weighted by Crippen LogP contribution is 2.37. The third-order valence-electron chi connectivity index (χ3n) is 4.35. The lowest BCUT2D eigenvalue weighted by Gasteiger charge is -2.08. The van der Waals surface area contributed by atoms with Crippen molar-refractivity contribution in [2.75, 3.05) is 17.9 Å². The number of hydrogen-bond acceptors (Lipinski definition) is 8. The van der Waals surface area contributed by atoms with Crippen molar-refractivity contribution < 1.29 is 18.8 Å². The topological polar surface area (TPSA) is 104 Å². The summed E-state index contributed by atoms with van der Waals surface area (Å²) in [5, 5.41) is 16.6. The Morgan fingerprint density at radius 2 is 2.00 bits per heavy atom. The molecule has 9 nitrogen and oxygen atoms in total. The second-order valence-corrected chi connectivity index (χ2v) is 7.34. The SMILES string of the molecule is Cc1cc(NC(=O)CSc2nnc3c(C)cc4cc5c(cc4n23)OCO5)no1. The fraction of sp³-hybridized carbons (Fsp3) is 0.222. The summed E-state index contributed by atoms with van der Waals surface area (Å²) in [4.78, 5) is 12.2. The second kappa shape index (κ2) is 6.41. The molecule has 1 aliphatic heterocycles. The highest BCUT2D eigenvalue weighted by molar-refractivity contribution is 7.99. The summed E-state index contributed by atoms with van der Waals surface area (Å²) in [5.41, 5.74) is 2.61. The number of pyridine rings is 1. The molecule has 0 radical (unpaired) electrons. The average Bonchev–Trinajstić information content (AvgIpc) is 3.38. The Morgan fingerprint density at radius 3 is 2.79 bits per heavy atom. The Balaban J connectivity index is 1.47. The van der Waals surface area contributed by atoms with Crippen LogP contribution in [0.3, 0.4) is 0 Å². The molecule has 28 heavy (non-hydrogen) atoms. The Bertz CT molecular complexity index is 1230. The van der Waals surface area contributed by atoms with Crippen molar-refractivity contribution in [3.8, 4) is 11.5 Å². The molecule has 3 aromatic heterocycles. The van der Waals surface area contributed by atoms with Crippen LogP contribution in [-0.4, -0.2) is 38.2 Å². The van der Waals surface area contributed by atoms with E-state index in [1.165, 1.54) is 11.8 Å². The molecule has 0 atom stereocenters. The normalized spacial score (nSPS) is 12.8. The van der Waals surface area contributed by atoms with Crippen molar-refractivity contribution in [3.63, 3.8) is 0 Å². The Kier molecular flexibility index (Phi) is 3.86. The minimum atomic E-state index is -0.204. The van der Waals surface area contributed by atoms with Crippen LogP contribution in [0.5, 0.6) is 11.5 Å². The van der Waals surface area contributed by atoms with E-state index in [1.54, 1.807) is 13.0 Å². The van der Waals surface area contributed by atoms with Gasteiger partial charge in [0.1, 0.15) is 5.76 Å². The van der Waals surface area contributed by atoms with Crippen molar-refractivity contribution in [1.82, 2.24) is 19.8 Å². The predicted octanol–water partition coefficient (Wildman–Crippen LogP) is 2.95. The van der Waals surface area contributed by atoms with Gasteiger partial charge in [0.05, 0.1) is 11.3 Å². The van der Waals surface area contributed by atoms with E-state index in [9.17, 15) is 4.79 Å². The van der Waals surface area contributed by atoms with E-state index in [0.29, 0.717) is 22.5 Å². The lowest BCUT2D eigenvalue weighted by atomic mass is 10.1. The van der Waals surface area contributed by atoms with Crippen molar-refractivity contribution in [3.05, 3.63) is 35.6 Å². The molecule has 1 amide bonds. The molecule has 0 aliphatic carbocycles. The maximum atomic E-state index is 12.2. The number of amides is 1. The van der Waals surface area contributed by atoms with Gasteiger partial charge in [-0.3, -0.25) is 9.20 Å². The molecule has 0 saturated heterocycles. The number of benzene rings is 1. The van der Waals surface area contributed by atoms with Crippen LogP contribution in [0.1, 0.15) is 11.3 Å². The fourth-order valence-corrected chi connectivity index (χ4v) is 3.87. The van der Waals surface area contributed by atoms with Crippen LogP contribution < -0.4 is 14.8 Å². The average molecular weight is 397 g/mol. The van der Waals surface area contributed by atoms with E-state index in [4.69, 9.17) is 14.0 Å². The molecule has 0 unspecified atom stereocenters. The summed E-state index contributed by atoms with van der Waals surface area (Å²) in [6.45, 7) is 3.94. The molecule has 5 rings (SSSR count). The van der Waals surface area contributed by atoms with Crippen LogP contribution >= 0.6 is 11.8 Å². The third-order valence-corrected chi connectivity index (χ3v) is 5.28. The first kappa shape index (κ1) is 16.9. The molecule has 0 saturated carbocycles. The number of aromatic nitrogens is 4. The van der Waals surface area contributed by atoms with Crippen LogP contribution in [0.15, 0.2) is 33.9 Å². The van der Waals surface area contributed by atoms with Gasteiger partial charge < -0.3 is 19.3 Å². The van der Waals surface area contributed by atoms with Gasteiger partial charge in [-0.1, -0.05) is 16.9 Å². The van der Waals surface area contributed by atoms with Crippen LogP contribution in [0.2, 0.25) is 0 Å². The maximum absolute atomic E-state index is 12.2. The standard InChI is InChI=1S/C18H15N5O4S/c1-9-3-11-5-13-14(26-8-25-13)6-12(11)23-17(9)20-21-18(23)28-7-16(24)19-15-4-10(2)27-22-15/h3-6H,7-8H2,1-2H3,(H,19,22,24). The van der Waals surface area contributed by atoms with Gasteiger partial charge in [-0.15, -0.1) is 10.2 Å². The summed E-state index contributed by atoms with van der Waals surface area (Å²) in [7, 11) is 0. The minimum absolute atomic E-state index is 0.159. The molecular weight excluding hydrogens is 382 g/mol. The van der Waals surface area contributed by atoms with Crippen LogP contribution in [-0.2, 0) is 4.79 Å². The van der Waals surface area contributed by atoms with E-state index >= 15 is 0 Å². The largest absolute Gasteiger partial charge is 0.454 e. The van der Waals surface area contributed by atoms with Crippen LogP contribution in [0.4, 0.5) is 5.82 Å². The quantitative estimate of drug-likeness (QED) is 0.524. The van der Waals surface area contributed by atoms with Gasteiger partial charge in [-0.25, -0.2) is 0 Å². The summed E-state index contributed by atoms with van der Waals surface area (Å²) >= 11 is 1.29. The van der Waals surface area contributed by atoms with E-state index < -0.39 is 0 Å². The van der Waals surface area contributed by atoms with Crippen molar-refractivity contribution >= 4 is 40.0 Å². The number of ether oxygens (including phenoxy) is 2.